The second-order valence-corrected chi connectivity index (χ2v) is 5.43. The van der Waals surface area contributed by atoms with Crippen molar-refractivity contribution in [2.75, 3.05) is 18.6 Å². The molecule has 1 saturated heterocycles. The fourth-order valence-corrected chi connectivity index (χ4v) is 2.28. The first-order valence-electron chi connectivity index (χ1n) is 5.91. The minimum Gasteiger partial charge on any atom is -0.376 e. The van der Waals surface area contributed by atoms with Crippen LogP contribution >= 0.6 is 28.1 Å². The smallest absolute Gasteiger partial charge is 0.185 e. The minimum atomic E-state index is 0.288. The van der Waals surface area contributed by atoms with Crippen molar-refractivity contribution in [3.63, 3.8) is 0 Å². The van der Waals surface area contributed by atoms with Crippen molar-refractivity contribution in [1.82, 2.24) is 10.7 Å². The van der Waals surface area contributed by atoms with E-state index in [0.717, 1.165) is 36.2 Å². The molecular weight excluding hydrogens is 314 g/mol. The summed E-state index contributed by atoms with van der Waals surface area (Å²) in [5, 5.41) is 3.71. The first-order valence-corrected chi connectivity index (χ1v) is 7.11. The Hall–Kier alpha value is -0.850. The average molecular weight is 330 g/mol. The highest BCUT2D eigenvalue weighted by Crippen LogP contribution is 2.14. The predicted molar refractivity (Wildman–Crippen MR) is 80.5 cm³/mol. The van der Waals surface area contributed by atoms with Gasteiger partial charge in [-0.2, -0.15) is 0 Å². The lowest BCUT2D eigenvalue weighted by molar-refractivity contribution is 0.114. The Morgan fingerprint density at radius 1 is 1.50 bits per heavy atom. The molecule has 1 aliphatic heterocycles. The molecule has 1 aliphatic rings. The van der Waals surface area contributed by atoms with E-state index in [-0.39, 0.29) is 6.10 Å². The van der Waals surface area contributed by atoms with Crippen LogP contribution in [0.5, 0.6) is 0 Å². The molecule has 0 aliphatic carbocycles. The van der Waals surface area contributed by atoms with Crippen molar-refractivity contribution >= 4 is 38.9 Å². The molecule has 0 saturated carbocycles. The van der Waals surface area contributed by atoms with Crippen molar-refractivity contribution in [2.45, 2.75) is 18.9 Å². The zero-order chi connectivity index (χ0) is 12.8. The first kappa shape index (κ1) is 13.6. The lowest BCUT2D eigenvalue weighted by atomic mass is 10.2. The van der Waals surface area contributed by atoms with Gasteiger partial charge in [-0.05, 0) is 43.3 Å². The van der Waals surface area contributed by atoms with Crippen LogP contribution in [0.2, 0.25) is 0 Å². The number of hydrogen-bond acceptors (Lipinski definition) is 3. The molecule has 0 bridgehead atoms. The zero-order valence-corrected chi connectivity index (χ0v) is 12.3. The molecule has 1 fully saturated rings. The summed E-state index contributed by atoms with van der Waals surface area (Å²) < 4.78 is 6.53. The second kappa shape index (κ2) is 6.92. The summed E-state index contributed by atoms with van der Waals surface area (Å²) >= 11 is 8.58. The monoisotopic (exact) mass is 329 g/mol. The van der Waals surface area contributed by atoms with Crippen LogP contribution in [0.4, 0.5) is 5.69 Å². The maximum absolute atomic E-state index is 5.51. The van der Waals surface area contributed by atoms with E-state index in [9.17, 15) is 0 Å². The van der Waals surface area contributed by atoms with Crippen molar-refractivity contribution < 1.29 is 4.74 Å². The van der Waals surface area contributed by atoms with E-state index in [1.807, 2.05) is 24.3 Å². The molecule has 1 aromatic carbocycles. The van der Waals surface area contributed by atoms with Crippen LogP contribution in [-0.2, 0) is 4.74 Å². The molecule has 2 rings (SSSR count). The zero-order valence-electron chi connectivity index (χ0n) is 9.91. The third kappa shape index (κ3) is 4.44. The molecule has 98 valence electrons. The van der Waals surface area contributed by atoms with Crippen LogP contribution < -0.4 is 16.2 Å². The van der Waals surface area contributed by atoms with Gasteiger partial charge in [0.2, 0.25) is 0 Å². The molecule has 0 amide bonds. The molecule has 1 aromatic rings. The van der Waals surface area contributed by atoms with Gasteiger partial charge in [0.1, 0.15) is 0 Å². The van der Waals surface area contributed by atoms with Crippen molar-refractivity contribution in [3.05, 3.63) is 28.7 Å². The molecule has 0 radical (unpaired) electrons. The molecular formula is C12H16BrN3OS. The lowest BCUT2D eigenvalue weighted by Crippen LogP contribution is -2.41. The van der Waals surface area contributed by atoms with Crippen molar-refractivity contribution in [1.29, 1.82) is 0 Å². The van der Waals surface area contributed by atoms with Gasteiger partial charge >= 0.3 is 0 Å². The van der Waals surface area contributed by atoms with Crippen LogP contribution in [0, 0.1) is 0 Å². The Bertz CT molecular complexity index is 410. The predicted octanol–water partition coefficient (Wildman–Crippen LogP) is 2.42. The molecule has 4 nitrogen and oxygen atoms in total. The van der Waals surface area contributed by atoms with Gasteiger partial charge in [-0.15, -0.1) is 0 Å². The summed E-state index contributed by atoms with van der Waals surface area (Å²) in [4.78, 5) is 0. The maximum Gasteiger partial charge on any atom is 0.185 e. The Morgan fingerprint density at radius 2 is 2.39 bits per heavy atom. The normalized spacial score (nSPS) is 18.4. The highest BCUT2D eigenvalue weighted by molar-refractivity contribution is 9.10. The van der Waals surface area contributed by atoms with Gasteiger partial charge in [0, 0.05) is 17.6 Å². The fourth-order valence-electron chi connectivity index (χ4n) is 1.75. The lowest BCUT2D eigenvalue weighted by Gasteiger charge is -2.15. The van der Waals surface area contributed by atoms with Gasteiger partial charge in [0.15, 0.2) is 5.11 Å². The van der Waals surface area contributed by atoms with Crippen molar-refractivity contribution in [2.24, 2.45) is 0 Å². The van der Waals surface area contributed by atoms with E-state index in [2.05, 4.69) is 32.1 Å². The minimum absolute atomic E-state index is 0.288. The van der Waals surface area contributed by atoms with E-state index < -0.39 is 0 Å². The number of halogens is 1. The number of anilines is 1. The molecule has 6 heteroatoms. The number of nitrogens with one attached hydrogen (secondary N) is 3. The van der Waals surface area contributed by atoms with Crippen LogP contribution in [0.1, 0.15) is 12.8 Å². The summed E-state index contributed by atoms with van der Waals surface area (Å²) in [6.45, 7) is 1.62. The second-order valence-electron chi connectivity index (χ2n) is 4.11. The van der Waals surface area contributed by atoms with E-state index in [1.54, 1.807) is 0 Å². The molecule has 0 unspecified atom stereocenters. The fraction of sp³-hybridized carbons (Fsp3) is 0.417. The molecule has 18 heavy (non-hydrogen) atoms. The Morgan fingerprint density at radius 3 is 3.11 bits per heavy atom. The molecule has 1 atom stereocenters. The topological polar surface area (TPSA) is 45.3 Å². The highest BCUT2D eigenvalue weighted by atomic mass is 79.9. The van der Waals surface area contributed by atoms with Gasteiger partial charge in [0.25, 0.3) is 0 Å². The third-order valence-corrected chi connectivity index (χ3v) is 3.40. The highest BCUT2D eigenvalue weighted by Gasteiger charge is 2.14. The summed E-state index contributed by atoms with van der Waals surface area (Å²) in [5.74, 6) is 0. The van der Waals surface area contributed by atoms with Crippen LogP contribution in [0.3, 0.4) is 0 Å². The molecule has 0 aromatic heterocycles. The summed E-state index contributed by atoms with van der Waals surface area (Å²) in [5.41, 5.74) is 6.93. The third-order valence-electron chi connectivity index (χ3n) is 2.66. The van der Waals surface area contributed by atoms with Gasteiger partial charge in [0.05, 0.1) is 11.8 Å². The number of benzene rings is 1. The van der Waals surface area contributed by atoms with Gasteiger partial charge in [-0.1, -0.05) is 22.0 Å². The standard InChI is InChI=1S/C12H16BrN3OS/c13-9-3-1-4-10(7-9)15-16-12(18)14-8-11-5-2-6-17-11/h1,3-4,7,11,15H,2,5-6,8H2,(H2,14,16,18)/t11-/m1/s1. The quantitative estimate of drug-likeness (QED) is 0.585. The van der Waals surface area contributed by atoms with Crippen LogP contribution in [-0.4, -0.2) is 24.4 Å². The van der Waals surface area contributed by atoms with Crippen LogP contribution in [0.15, 0.2) is 28.7 Å². The number of thiocarbonyl (C=S) groups is 1. The van der Waals surface area contributed by atoms with E-state index in [0.29, 0.717) is 5.11 Å². The average Bonchev–Trinajstić information content (AvgIpc) is 2.87. The first-order chi connectivity index (χ1) is 8.74. The SMILES string of the molecule is S=C(NC[C@H]1CCCO1)NNc1cccc(Br)c1. The number of rotatable bonds is 4. The summed E-state index contributed by atoms with van der Waals surface area (Å²) in [7, 11) is 0. The Kier molecular flexibility index (Phi) is 5.22. The number of hydrogen-bond donors (Lipinski definition) is 3. The van der Waals surface area contributed by atoms with Crippen LogP contribution in [0.25, 0.3) is 0 Å². The molecule has 1 heterocycles. The summed E-state index contributed by atoms with van der Waals surface area (Å²) in [6, 6.07) is 7.85. The molecule has 0 spiro atoms. The van der Waals surface area contributed by atoms with Gasteiger partial charge in [-0.25, -0.2) is 0 Å². The van der Waals surface area contributed by atoms with E-state index >= 15 is 0 Å². The maximum atomic E-state index is 5.51. The summed E-state index contributed by atoms with van der Waals surface area (Å²) in [6.07, 6.45) is 2.54. The van der Waals surface area contributed by atoms with Crippen molar-refractivity contribution in [3.8, 4) is 0 Å². The van der Waals surface area contributed by atoms with Gasteiger partial charge < -0.3 is 10.1 Å². The molecule has 3 N–H and O–H groups in total. The Balaban J connectivity index is 1.68. The van der Waals surface area contributed by atoms with Gasteiger partial charge in [-0.3, -0.25) is 10.9 Å². The largest absolute Gasteiger partial charge is 0.376 e. The number of ether oxygens (including phenoxy) is 1. The number of hydrazine groups is 1. The van der Waals surface area contributed by atoms with E-state index in [1.165, 1.54) is 0 Å². The van der Waals surface area contributed by atoms with E-state index in [4.69, 9.17) is 17.0 Å². The Labute approximate surface area is 121 Å².